The van der Waals surface area contributed by atoms with Crippen LogP contribution >= 0.6 is 0 Å². The van der Waals surface area contributed by atoms with Crippen molar-refractivity contribution in [1.29, 1.82) is 0 Å². The lowest BCUT2D eigenvalue weighted by Crippen LogP contribution is -2.35. The van der Waals surface area contributed by atoms with Crippen LogP contribution in [0.2, 0.25) is 0 Å². The van der Waals surface area contributed by atoms with Gasteiger partial charge in [0, 0.05) is 13.1 Å². The molecule has 3 N–H and O–H groups in total. The van der Waals surface area contributed by atoms with Crippen LogP contribution < -0.4 is 15.9 Å². The lowest BCUT2D eigenvalue weighted by molar-refractivity contribution is 0.271. The van der Waals surface area contributed by atoms with Crippen LogP contribution in [0.3, 0.4) is 0 Å². The Bertz CT molecular complexity index is 364. The number of nitrogens with two attached hydrogens (primary N) is 1. The van der Waals surface area contributed by atoms with E-state index in [9.17, 15) is 0 Å². The number of anilines is 2. The first-order valence-corrected chi connectivity index (χ1v) is 6.20. The SMILES string of the molecule is CCOc1nc(NN2CCCCC2)ccc1N. The van der Waals surface area contributed by atoms with Crippen LogP contribution in [0.15, 0.2) is 12.1 Å². The minimum absolute atomic E-state index is 0.509. The highest BCUT2D eigenvalue weighted by atomic mass is 16.5. The molecule has 0 amide bonds. The normalized spacial score (nSPS) is 16.8. The average molecular weight is 236 g/mol. The van der Waals surface area contributed by atoms with Crippen molar-refractivity contribution in [3.05, 3.63) is 12.1 Å². The van der Waals surface area contributed by atoms with E-state index in [2.05, 4.69) is 15.4 Å². The molecule has 0 spiro atoms. The third kappa shape index (κ3) is 3.23. The van der Waals surface area contributed by atoms with E-state index < -0.39 is 0 Å². The summed E-state index contributed by atoms with van der Waals surface area (Å²) >= 11 is 0. The summed E-state index contributed by atoms with van der Waals surface area (Å²) in [7, 11) is 0. The number of nitrogen functional groups attached to an aromatic ring is 1. The molecule has 1 aliphatic rings. The third-order valence-electron chi connectivity index (χ3n) is 2.80. The van der Waals surface area contributed by atoms with Crippen molar-refractivity contribution in [2.45, 2.75) is 26.2 Å². The number of hydrogen-bond acceptors (Lipinski definition) is 5. The second kappa shape index (κ2) is 5.72. The Labute approximate surface area is 102 Å². The second-order valence-corrected chi connectivity index (χ2v) is 4.18. The Kier molecular flexibility index (Phi) is 4.03. The lowest BCUT2D eigenvalue weighted by atomic mass is 10.2. The number of hydrogen-bond donors (Lipinski definition) is 2. The molecule has 0 unspecified atom stereocenters. The van der Waals surface area contributed by atoms with Crippen molar-refractivity contribution in [1.82, 2.24) is 9.99 Å². The zero-order valence-corrected chi connectivity index (χ0v) is 10.3. The van der Waals surface area contributed by atoms with Gasteiger partial charge in [-0.3, -0.25) is 0 Å². The van der Waals surface area contributed by atoms with Gasteiger partial charge in [0.25, 0.3) is 0 Å². The monoisotopic (exact) mass is 236 g/mol. The Morgan fingerprint density at radius 2 is 2.12 bits per heavy atom. The highest BCUT2D eigenvalue weighted by Gasteiger charge is 2.11. The maximum Gasteiger partial charge on any atom is 0.239 e. The predicted molar refractivity (Wildman–Crippen MR) is 68.9 cm³/mol. The van der Waals surface area contributed by atoms with Gasteiger partial charge in [-0.1, -0.05) is 6.42 Å². The standard InChI is InChI=1S/C12H20N4O/c1-2-17-12-10(13)6-7-11(14-12)15-16-8-4-3-5-9-16/h6-7H,2-5,8-9,13H2,1H3,(H,14,15). The van der Waals surface area contributed by atoms with E-state index in [1.807, 2.05) is 19.1 Å². The van der Waals surface area contributed by atoms with Gasteiger partial charge in [-0.15, -0.1) is 0 Å². The molecule has 1 saturated heterocycles. The predicted octanol–water partition coefficient (Wildman–Crippen LogP) is 1.88. The molecular formula is C12H20N4O. The summed E-state index contributed by atoms with van der Waals surface area (Å²) in [6.45, 7) is 4.63. The van der Waals surface area contributed by atoms with Gasteiger partial charge < -0.3 is 15.9 Å². The van der Waals surface area contributed by atoms with E-state index in [1.165, 1.54) is 19.3 Å². The molecule has 1 aromatic rings. The minimum atomic E-state index is 0.509. The summed E-state index contributed by atoms with van der Waals surface area (Å²) in [6, 6.07) is 3.71. The van der Waals surface area contributed by atoms with Crippen molar-refractivity contribution in [3.8, 4) is 5.88 Å². The zero-order chi connectivity index (χ0) is 12.1. The van der Waals surface area contributed by atoms with Crippen LogP contribution in [-0.4, -0.2) is 29.7 Å². The number of pyridine rings is 1. The first-order valence-electron chi connectivity index (χ1n) is 6.20. The molecule has 0 saturated carbocycles. The average Bonchev–Trinajstić information content (AvgIpc) is 2.35. The molecule has 0 aromatic carbocycles. The summed E-state index contributed by atoms with van der Waals surface area (Å²) in [5.74, 6) is 1.30. The summed E-state index contributed by atoms with van der Waals surface area (Å²) in [4.78, 5) is 4.36. The zero-order valence-electron chi connectivity index (χ0n) is 10.3. The van der Waals surface area contributed by atoms with Crippen molar-refractivity contribution in [2.75, 3.05) is 30.9 Å². The van der Waals surface area contributed by atoms with Crippen LogP contribution in [-0.2, 0) is 0 Å². The van der Waals surface area contributed by atoms with Crippen LogP contribution in [0.4, 0.5) is 11.5 Å². The van der Waals surface area contributed by atoms with Gasteiger partial charge in [0.15, 0.2) is 0 Å². The number of rotatable bonds is 4. The van der Waals surface area contributed by atoms with Gasteiger partial charge in [0.1, 0.15) is 5.82 Å². The number of hydrazine groups is 1. The molecule has 1 aromatic heterocycles. The molecule has 0 atom stereocenters. The molecule has 5 heteroatoms. The fourth-order valence-corrected chi connectivity index (χ4v) is 1.93. The summed E-state index contributed by atoms with van der Waals surface area (Å²) in [5.41, 5.74) is 9.65. The molecular weight excluding hydrogens is 216 g/mol. The van der Waals surface area contributed by atoms with E-state index >= 15 is 0 Å². The van der Waals surface area contributed by atoms with Crippen LogP contribution in [0, 0.1) is 0 Å². The topological polar surface area (TPSA) is 63.4 Å². The highest BCUT2D eigenvalue weighted by molar-refractivity contribution is 5.53. The number of piperidine rings is 1. The van der Waals surface area contributed by atoms with E-state index in [4.69, 9.17) is 10.5 Å². The molecule has 94 valence electrons. The molecule has 1 aliphatic heterocycles. The third-order valence-corrected chi connectivity index (χ3v) is 2.80. The Balaban J connectivity index is 2.02. The summed E-state index contributed by atoms with van der Waals surface area (Å²) < 4.78 is 5.37. The van der Waals surface area contributed by atoms with Gasteiger partial charge in [-0.05, 0) is 31.9 Å². The van der Waals surface area contributed by atoms with Gasteiger partial charge in [-0.2, -0.15) is 4.98 Å². The fraction of sp³-hybridized carbons (Fsp3) is 0.583. The van der Waals surface area contributed by atoms with Crippen molar-refractivity contribution >= 4 is 11.5 Å². The molecule has 0 radical (unpaired) electrons. The van der Waals surface area contributed by atoms with Gasteiger partial charge in [0.2, 0.25) is 5.88 Å². The number of nitrogens with zero attached hydrogens (tertiary/aromatic N) is 2. The van der Waals surface area contributed by atoms with Crippen LogP contribution in [0.1, 0.15) is 26.2 Å². The summed E-state index contributed by atoms with van der Waals surface area (Å²) in [6.07, 6.45) is 3.79. The maximum atomic E-state index is 5.78. The van der Waals surface area contributed by atoms with Crippen molar-refractivity contribution in [3.63, 3.8) is 0 Å². The Hall–Kier alpha value is -1.49. The van der Waals surface area contributed by atoms with E-state index in [-0.39, 0.29) is 0 Å². The first-order chi connectivity index (χ1) is 8.29. The summed E-state index contributed by atoms with van der Waals surface area (Å²) in [5, 5.41) is 2.19. The smallest absolute Gasteiger partial charge is 0.239 e. The van der Waals surface area contributed by atoms with Gasteiger partial charge in [-0.25, -0.2) is 5.01 Å². The second-order valence-electron chi connectivity index (χ2n) is 4.18. The van der Waals surface area contributed by atoms with Crippen LogP contribution in [0.25, 0.3) is 0 Å². The molecule has 0 aliphatic carbocycles. The van der Waals surface area contributed by atoms with Crippen LogP contribution in [0.5, 0.6) is 5.88 Å². The molecule has 5 nitrogen and oxygen atoms in total. The number of ether oxygens (including phenoxy) is 1. The van der Waals surface area contributed by atoms with E-state index in [0.29, 0.717) is 18.2 Å². The number of nitrogens with one attached hydrogen (secondary N) is 1. The lowest BCUT2D eigenvalue weighted by Gasteiger charge is -2.27. The maximum absolute atomic E-state index is 5.78. The minimum Gasteiger partial charge on any atom is -0.476 e. The molecule has 0 bridgehead atoms. The molecule has 17 heavy (non-hydrogen) atoms. The van der Waals surface area contributed by atoms with Gasteiger partial charge >= 0.3 is 0 Å². The quantitative estimate of drug-likeness (QED) is 0.835. The highest BCUT2D eigenvalue weighted by Crippen LogP contribution is 2.21. The molecule has 2 rings (SSSR count). The Morgan fingerprint density at radius 3 is 2.82 bits per heavy atom. The molecule has 1 fully saturated rings. The van der Waals surface area contributed by atoms with E-state index in [1.54, 1.807) is 0 Å². The number of aromatic nitrogens is 1. The fourth-order valence-electron chi connectivity index (χ4n) is 1.93. The largest absolute Gasteiger partial charge is 0.476 e. The van der Waals surface area contributed by atoms with Crippen molar-refractivity contribution < 1.29 is 4.74 Å². The molecule has 2 heterocycles. The van der Waals surface area contributed by atoms with E-state index in [0.717, 1.165) is 18.9 Å². The van der Waals surface area contributed by atoms with Crippen molar-refractivity contribution in [2.24, 2.45) is 0 Å². The first kappa shape index (κ1) is 12.0. The Morgan fingerprint density at radius 1 is 1.35 bits per heavy atom. The van der Waals surface area contributed by atoms with Gasteiger partial charge in [0.05, 0.1) is 12.3 Å².